The van der Waals surface area contributed by atoms with Crippen LogP contribution < -0.4 is 10.6 Å². The lowest BCUT2D eigenvalue weighted by Gasteiger charge is -2.12. The van der Waals surface area contributed by atoms with Gasteiger partial charge in [0.1, 0.15) is 11.5 Å². The van der Waals surface area contributed by atoms with E-state index in [0.717, 1.165) is 28.2 Å². The molecule has 2 N–H and O–H groups in total. The van der Waals surface area contributed by atoms with Crippen LogP contribution in [0.2, 0.25) is 5.15 Å². The highest BCUT2D eigenvalue weighted by Crippen LogP contribution is 2.34. The van der Waals surface area contributed by atoms with Crippen molar-refractivity contribution in [2.45, 2.75) is 17.6 Å². The molecule has 0 fully saturated rings. The minimum atomic E-state index is -4.64. The third-order valence-electron chi connectivity index (χ3n) is 4.99. The lowest BCUT2D eigenvalue weighted by atomic mass is 10.1. The first-order valence-electron chi connectivity index (χ1n) is 9.81. The number of hydrogen-bond donors (Lipinski definition) is 2. The van der Waals surface area contributed by atoms with Crippen LogP contribution in [0.4, 0.5) is 28.9 Å². The van der Waals surface area contributed by atoms with Gasteiger partial charge in [-0.25, -0.2) is 21.8 Å². The second kappa shape index (κ2) is 8.90. The zero-order chi connectivity index (χ0) is 24.7. The molecule has 2 heterocycles. The van der Waals surface area contributed by atoms with Crippen molar-refractivity contribution in [1.82, 2.24) is 14.3 Å². The van der Waals surface area contributed by atoms with Crippen LogP contribution in [0.5, 0.6) is 0 Å². The predicted octanol–water partition coefficient (Wildman–Crippen LogP) is 5.55. The topological polar surface area (TPSA) is 76.0 Å². The summed E-state index contributed by atoms with van der Waals surface area (Å²) in [5.41, 5.74) is 0.301. The number of nitrogens with one attached hydrogen (secondary N) is 2. The molecular formula is C22H17ClF4N4O2S. The van der Waals surface area contributed by atoms with Gasteiger partial charge in [-0.2, -0.15) is 13.2 Å². The van der Waals surface area contributed by atoms with Crippen molar-refractivity contribution in [3.05, 3.63) is 83.0 Å². The number of aromatic nitrogens is 2. The van der Waals surface area contributed by atoms with Crippen LogP contribution in [0.3, 0.4) is 0 Å². The smallest absolute Gasteiger partial charge is 0.353 e. The van der Waals surface area contributed by atoms with Gasteiger partial charge in [0, 0.05) is 23.8 Å². The van der Waals surface area contributed by atoms with Gasteiger partial charge in [-0.15, -0.1) is 0 Å². The number of benzene rings is 2. The Kier molecular flexibility index (Phi) is 6.28. The molecule has 4 rings (SSSR count). The average Bonchev–Trinajstić information content (AvgIpc) is 3.13. The van der Waals surface area contributed by atoms with E-state index in [9.17, 15) is 26.0 Å². The number of fused-ring (bicyclic) bond motifs is 1. The molecule has 34 heavy (non-hydrogen) atoms. The number of anilines is 2. The molecular weight excluding hydrogens is 496 g/mol. The number of alkyl halides is 3. The summed E-state index contributed by atoms with van der Waals surface area (Å²) in [6, 6.07) is 11.4. The summed E-state index contributed by atoms with van der Waals surface area (Å²) < 4.78 is 79.9. The highest BCUT2D eigenvalue weighted by molar-refractivity contribution is 7.90. The number of nitrogens with zero attached hydrogens (tertiary/aromatic N) is 2. The van der Waals surface area contributed by atoms with Gasteiger partial charge < -0.3 is 10.6 Å². The second-order valence-corrected chi connectivity index (χ2v) is 9.51. The first-order valence-corrected chi connectivity index (χ1v) is 11.6. The number of rotatable bonds is 6. The molecule has 0 saturated heterocycles. The summed E-state index contributed by atoms with van der Waals surface area (Å²) in [6.07, 6.45) is -3.20. The largest absolute Gasteiger partial charge is 0.433 e. The standard InChI is InChI=1S/C22H17ClF4N4O2S/c1-28-11-13-12-31(34(32,33)16-4-2-3-14(24)9-16)19-10-15(5-6-17(13)19)29-18-7-8-20(22(25,26)27)30-21(18)23/h2-10,12,28-29H,11H2,1H3. The van der Waals surface area contributed by atoms with Crippen LogP contribution in [-0.4, -0.2) is 24.4 Å². The Bertz CT molecular complexity index is 1490. The van der Waals surface area contributed by atoms with Gasteiger partial charge >= 0.3 is 6.18 Å². The third-order valence-corrected chi connectivity index (χ3v) is 6.95. The molecule has 0 bridgehead atoms. The fourth-order valence-corrected chi connectivity index (χ4v) is 5.07. The molecule has 6 nitrogen and oxygen atoms in total. The summed E-state index contributed by atoms with van der Waals surface area (Å²) >= 11 is 5.93. The highest BCUT2D eigenvalue weighted by Gasteiger charge is 2.33. The molecule has 0 amide bonds. The van der Waals surface area contributed by atoms with Gasteiger partial charge in [0.15, 0.2) is 5.15 Å². The van der Waals surface area contributed by atoms with Crippen LogP contribution in [-0.2, 0) is 22.7 Å². The first-order chi connectivity index (χ1) is 16.0. The molecule has 4 aromatic rings. The number of pyridine rings is 1. The maximum absolute atomic E-state index is 13.7. The maximum Gasteiger partial charge on any atom is 0.433 e. The predicted molar refractivity (Wildman–Crippen MR) is 121 cm³/mol. The van der Waals surface area contributed by atoms with Crippen LogP contribution in [0.1, 0.15) is 11.3 Å². The first kappa shape index (κ1) is 24.0. The lowest BCUT2D eigenvalue weighted by Crippen LogP contribution is -2.12. The molecule has 2 aromatic carbocycles. The molecule has 2 aromatic heterocycles. The third kappa shape index (κ3) is 4.59. The summed E-state index contributed by atoms with van der Waals surface area (Å²) in [6.45, 7) is 0.365. The molecule has 0 aliphatic heterocycles. The Labute approximate surface area is 197 Å². The number of halogens is 5. The summed E-state index contributed by atoms with van der Waals surface area (Å²) in [5.74, 6) is -0.695. The molecule has 0 aliphatic rings. The van der Waals surface area contributed by atoms with Crippen molar-refractivity contribution in [2.75, 3.05) is 12.4 Å². The summed E-state index contributed by atoms with van der Waals surface area (Å²) in [4.78, 5) is 3.14. The van der Waals surface area contributed by atoms with Crippen LogP contribution in [0.25, 0.3) is 10.9 Å². The van der Waals surface area contributed by atoms with Crippen molar-refractivity contribution >= 4 is 43.9 Å². The Morgan fingerprint density at radius 2 is 1.85 bits per heavy atom. The van der Waals surface area contributed by atoms with E-state index in [1.54, 1.807) is 19.2 Å². The quantitative estimate of drug-likeness (QED) is 0.262. The van der Waals surface area contributed by atoms with E-state index in [1.165, 1.54) is 24.4 Å². The van der Waals surface area contributed by atoms with Gasteiger partial charge in [0.2, 0.25) is 0 Å². The van der Waals surface area contributed by atoms with Gasteiger partial charge in [-0.05, 0) is 55.1 Å². The van der Waals surface area contributed by atoms with E-state index in [4.69, 9.17) is 11.6 Å². The van der Waals surface area contributed by atoms with Crippen LogP contribution >= 0.6 is 11.6 Å². The van der Waals surface area contributed by atoms with Gasteiger partial charge in [-0.1, -0.05) is 23.7 Å². The molecule has 0 atom stereocenters. The van der Waals surface area contributed by atoms with Crippen molar-refractivity contribution in [1.29, 1.82) is 0 Å². The lowest BCUT2D eigenvalue weighted by molar-refractivity contribution is -0.141. The van der Waals surface area contributed by atoms with Crippen molar-refractivity contribution in [2.24, 2.45) is 0 Å². The van der Waals surface area contributed by atoms with Gasteiger partial charge in [-0.3, -0.25) is 0 Å². The fourth-order valence-electron chi connectivity index (χ4n) is 3.46. The molecule has 0 saturated carbocycles. The number of hydrogen-bond acceptors (Lipinski definition) is 5. The monoisotopic (exact) mass is 512 g/mol. The Morgan fingerprint density at radius 1 is 1.09 bits per heavy atom. The van der Waals surface area contributed by atoms with E-state index in [-0.39, 0.29) is 16.1 Å². The second-order valence-electron chi connectivity index (χ2n) is 7.33. The zero-order valence-corrected chi connectivity index (χ0v) is 19.1. The Hall–Kier alpha value is -3.15. The summed E-state index contributed by atoms with van der Waals surface area (Å²) in [5, 5.41) is 6.06. The van der Waals surface area contributed by atoms with Gasteiger partial charge in [0.25, 0.3) is 10.0 Å². The highest BCUT2D eigenvalue weighted by atomic mass is 35.5. The zero-order valence-electron chi connectivity index (χ0n) is 17.5. The maximum atomic E-state index is 13.7. The molecule has 0 unspecified atom stereocenters. The SMILES string of the molecule is CNCc1cn(S(=O)(=O)c2cccc(F)c2)c2cc(Nc3ccc(C(F)(F)F)nc3Cl)ccc12. The minimum Gasteiger partial charge on any atom is -0.353 e. The molecule has 0 radical (unpaired) electrons. The molecule has 178 valence electrons. The van der Waals surface area contributed by atoms with Crippen molar-refractivity contribution in [3.63, 3.8) is 0 Å². The molecule has 12 heteroatoms. The molecule has 0 spiro atoms. The Morgan fingerprint density at radius 3 is 2.50 bits per heavy atom. The van der Waals surface area contributed by atoms with E-state index >= 15 is 0 Å². The Balaban J connectivity index is 1.80. The van der Waals surface area contributed by atoms with E-state index in [1.807, 2.05) is 0 Å². The normalized spacial score (nSPS) is 12.3. The van der Waals surface area contributed by atoms with Crippen LogP contribution in [0, 0.1) is 5.82 Å². The fraction of sp³-hybridized carbons (Fsp3) is 0.136. The van der Waals surface area contributed by atoms with E-state index in [0.29, 0.717) is 23.2 Å². The molecule has 0 aliphatic carbocycles. The average molecular weight is 513 g/mol. The minimum absolute atomic E-state index is 0.107. The van der Waals surface area contributed by atoms with E-state index in [2.05, 4.69) is 15.6 Å². The van der Waals surface area contributed by atoms with Crippen molar-refractivity contribution < 1.29 is 26.0 Å². The summed E-state index contributed by atoms with van der Waals surface area (Å²) in [7, 11) is -2.44. The van der Waals surface area contributed by atoms with Crippen LogP contribution in [0.15, 0.2) is 65.7 Å². The van der Waals surface area contributed by atoms with Crippen molar-refractivity contribution in [3.8, 4) is 0 Å². The van der Waals surface area contributed by atoms with E-state index < -0.39 is 32.9 Å². The van der Waals surface area contributed by atoms with Gasteiger partial charge in [0.05, 0.1) is 16.1 Å².